The molecule has 5 nitrogen and oxygen atoms in total. The molecule has 0 aliphatic carbocycles. The van der Waals surface area contributed by atoms with Crippen molar-refractivity contribution in [3.63, 3.8) is 0 Å². The van der Waals surface area contributed by atoms with Crippen molar-refractivity contribution < 1.29 is 19.8 Å². The van der Waals surface area contributed by atoms with Crippen LogP contribution in [0, 0.1) is 0 Å². The third-order valence-electron chi connectivity index (χ3n) is 4.01. The lowest BCUT2D eigenvalue weighted by atomic mass is 10.1. The van der Waals surface area contributed by atoms with Crippen molar-refractivity contribution >= 4 is 34.7 Å². The van der Waals surface area contributed by atoms with Gasteiger partial charge in [-0.15, -0.1) is 0 Å². The van der Waals surface area contributed by atoms with Crippen molar-refractivity contribution in [3.05, 3.63) is 48.0 Å². The van der Waals surface area contributed by atoms with Crippen LogP contribution in [0.2, 0.25) is 0 Å². The van der Waals surface area contributed by atoms with Crippen LogP contribution in [0.1, 0.15) is 18.4 Å². The first kappa shape index (κ1) is 20.9. The predicted octanol–water partition coefficient (Wildman–Crippen LogP) is 3.28. The van der Waals surface area contributed by atoms with Gasteiger partial charge in [0.15, 0.2) is 0 Å². The summed E-state index contributed by atoms with van der Waals surface area (Å²) in [5.41, 5.74) is 1.08. The number of hydrogen-bond acceptors (Lipinski definition) is 5. The van der Waals surface area contributed by atoms with E-state index < -0.39 is 12.1 Å². The topological polar surface area (TPSA) is 77.8 Å². The first-order chi connectivity index (χ1) is 12.6. The number of rotatable bonds is 11. The molecule has 1 saturated heterocycles. The van der Waals surface area contributed by atoms with Crippen LogP contribution in [-0.4, -0.2) is 62.3 Å². The third kappa shape index (κ3) is 7.43. The Bertz CT molecular complexity index is 609. The maximum Gasteiger partial charge on any atom is 0.303 e. The number of carbonyl (C=O) groups is 2. The van der Waals surface area contributed by atoms with Crippen molar-refractivity contribution in [3.8, 4) is 0 Å². The number of carboxylic acids is 1. The lowest BCUT2D eigenvalue weighted by molar-refractivity contribution is -0.137. The van der Waals surface area contributed by atoms with Gasteiger partial charge in [0.05, 0.1) is 12.1 Å². The molecule has 1 amide bonds. The van der Waals surface area contributed by atoms with E-state index in [-0.39, 0.29) is 17.7 Å². The van der Waals surface area contributed by atoms with Gasteiger partial charge in [-0.25, -0.2) is 0 Å². The standard InChI is InChI=1S/C19H25NO4S2/c21-17(13-15-5-2-1-3-6-15)9-8-16-14-26-19(24)20(16)10-12-25-11-4-7-18(22)23/h1-3,5-6,8-9,16-17,21H,4,7,10-14H2,(H,22,23)/b9-8+/t16-,17+/m0/s1. The largest absolute Gasteiger partial charge is 0.481 e. The molecule has 0 spiro atoms. The molecule has 26 heavy (non-hydrogen) atoms. The molecule has 2 atom stereocenters. The molecule has 7 heteroatoms. The van der Waals surface area contributed by atoms with E-state index in [2.05, 4.69) is 0 Å². The molecule has 0 aromatic heterocycles. The normalized spacial score (nSPS) is 18.6. The monoisotopic (exact) mass is 395 g/mol. The van der Waals surface area contributed by atoms with Gasteiger partial charge in [-0.1, -0.05) is 54.2 Å². The van der Waals surface area contributed by atoms with Crippen LogP contribution in [-0.2, 0) is 11.2 Å². The number of nitrogens with zero attached hydrogens (tertiary/aromatic N) is 1. The number of hydrogen-bond donors (Lipinski definition) is 2. The van der Waals surface area contributed by atoms with Crippen molar-refractivity contribution in [1.29, 1.82) is 0 Å². The Balaban J connectivity index is 1.74. The van der Waals surface area contributed by atoms with E-state index in [4.69, 9.17) is 5.11 Å². The SMILES string of the molecule is O=C(O)CCCSCCN1C(=O)SC[C@@H]1/C=C/[C@@H](O)Cc1ccccc1. The van der Waals surface area contributed by atoms with Crippen LogP contribution in [0.5, 0.6) is 0 Å². The first-order valence-electron chi connectivity index (χ1n) is 8.69. The minimum absolute atomic E-state index is 0.0116. The molecular weight excluding hydrogens is 370 g/mol. The highest BCUT2D eigenvalue weighted by Crippen LogP contribution is 2.25. The number of carboxylic acid groups (broad SMARTS) is 1. The Morgan fingerprint density at radius 3 is 2.85 bits per heavy atom. The fourth-order valence-electron chi connectivity index (χ4n) is 2.65. The van der Waals surface area contributed by atoms with E-state index in [0.29, 0.717) is 25.1 Å². The maximum atomic E-state index is 12.0. The Hall–Kier alpha value is -1.44. The number of aliphatic carboxylic acids is 1. The molecule has 0 radical (unpaired) electrons. The summed E-state index contributed by atoms with van der Waals surface area (Å²) in [4.78, 5) is 24.3. The fourth-order valence-corrected chi connectivity index (χ4v) is 4.53. The molecule has 0 unspecified atom stereocenters. The van der Waals surface area contributed by atoms with E-state index in [1.807, 2.05) is 41.3 Å². The van der Waals surface area contributed by atoms with Crippen molar-refractivity contribution in [2.45, 2.75) is 31.4 Å². The van der Waals surface area contributed by atoms with Gasteiger partial charge in [0, 0.05) is 30.9 Å². The minimum Gasteiger partial charge on any atom is -0.481 e. The summed E-state index contributed by atoms with van der Waals surface area (Å²) in [7, 11) is 0. The lowest BCUT2D eigenvalue weighted by Gasteiger charge is -2.21. The van der Waals surface area contributed by atoms with Gasteiger partial charge in [-0.2, -0.15) is 11.8 Å². The second kappa shape index (κ2) is 11.3. The van der Waals surface area contributed by atoms with Crippen LogP contribution < -0.4 is 0 Å². The van der Waals surface area contributed by atoms with Gasteiger partial charge >= 0.3 is 5.97 Å². The van der Waals surface area contributed by atoms with E-state index >= 15 is 0 Å². The van der Waals surface area contributed by atoms with Crippen molar-refractivity contribution in [1.82, 2.24) is 4.90 Å². The van der Waals surface area contributed by atoms with E-state index in [1.54, 1.807) is 17.8 Å². The zero-order valence-corrected chi connectivity index (χ0v) is 16.3. The zero-order valence-electron chi connectivity index (χ0n) is 14.6. The molecule has 142 valence electrons. The Labute approximate surface area is 162 Å². The van der Waals surface area contributed by atoms with E-state index in [9.17, 15) is 14.7 Å². The summed E-state index contributed by atoms with van der Waals surface area (Å²) >= 11 is 2.98. The number of thioether (sulfide) groups is 2. The van der Waals surface area contributed by atoms with Crippen LogP contribution in [0.4, 0.5) is 4.79 Å². The van der Waals surface area contributed by atoms with Gasteiger partial charge in [0.2, 0.25) is 0 Å². The Morgan fingerprint density at radius 1 is 1.35 bits per heavy atom. The molecule has 1 fully saturated rings. The molecule has 0 bridgehead atoms. The first-order valence-corrected chi connectivity index (χ1v) is 10.8. The molecular formula is C19H25NO4S2. The van der Waals surface area contributed by atoms with Gasteiger partial charge in [-0.3, -0.25) is 9.59 Å². The molecule has 1 aliphatic rings. The Morgan fingerprint density at radius 2 is 2.12 bits per heavy atom. The molecule has 1 aromatic carbocycles. The quantitative estimate of drug-likeness (QED) is 0.442. The molecule has 1 aromatic rings. The highest BCUT2D eigenvalue weighted by molar-refractivity contribution is 8.13. The minimum atomic E-state index is -0.768. The number of aliphatic hydroxyl groups excluding tert-OH is 1. The van der Waals surface area contributed by atoms with Gasteiger partial charge < -0.3 is 15.1 Å². The van der Waals surface area contributed by atoms with Gasteiger partial charge in [0.25, 0.3) is 5.24 Å². The second-order valence-electron chi connectivity index (χ2n) is 6.09. The third-order valence-corrected chi connectivity index (χ3v) is 6.05. The smallest absolute Gasteiger partial charge is 0.303 e. The summed E-state index contributed by atoms with van der Waals surface area (Å²) in [6.07, 6.45) is 4.55. The second-order valence-corrected chi connectivity index (χ2v) is 8.29. The average molecular weight is 396 g/mol. The van der Waals surface area contributed by atoms with Crippen LogP contribution in [0.15, 0.2) is 42.5 Å². The summed E-state index contributed by atoms with van der Waals surface area (Å²) in [6.45, 7) is 0.646. The van der Waals surface area contributed by atoms with Crippen LogP contribution in [0.3, 0.4) is 0 Å². The fraction of sp³-hybridized carbons (Fsp3) is 0.474. The summed E-state index contributed by atoms with van der Waals surface area (Å²) in [5.74, 6) is 1.52. The van der Waals surface area contributed by atoms with Gasteiger partial charge in [-0.05, 0) is 17.7 Å². The molecule has 0 saturated carbocycles. The van der Waals surface area contributed by atoms with E-state index in [1.165, 1.54) is 11.8 Å². The molecule has 1 heterocycles. The van der Waals surface area contributed by atoms with Crippen molar-refractivity contribution in [2.75, 3.05) is 23.8 Å². The number of carbonyl (C=O) groups excluding carboxylic acids is 1. The van der Waals surface area contributed by atoms with Crippen molar-refractivity contribution in [2.24, 2.45) is 0 Å². The zero-order chi connectivity index (χ0) is 18.8. The summed E-state index contributed by atoms with van der Waals surface area (Å²) in [5, 5.41) is 18.9. The van der Waals surface area contributed by atoms with Gasteiger partial charge in [0.1, 0.15) is 0 Å². The lowest BCUT2D eigenvalue weighted by Crippen LogP contribution is -2.34. The number of benzene rings is 1. The number of amides is 1. The van der Waals surface area contributed by atoms with E-state index in [0.717, 1.165) is 17.1 Å². The summed E-state index contributed by atoms with van der Waals surface area (Å²) in [6, 6.07) is 9.84. The van der Waals surface area contributed by atoms with Crippen LogP contribution in [0.25, 0.3) is 0 Å². The summed E-state index contributed by atoms with van der Waals surface area (Å²) < 4.78 is 0. The molecule has 2 rings (SSSR count). The highest BCUT2D eigenvalue weighted by atomic mass is 32.2. The Kier molecular flexibility index (Phi) is 9.08. The molecule has 1 aliphatic heterocycles. The van der Waals surface area contributed by atoms with Crippen LogP contribution >= 0.6 is 23.5 Å². The number of aliphatic hydroxyl groups is 1. The average Bonchev–Trinajstić information content (AvgIpc) is 2.97. The molecule has 2 N–H and O–H groups in total. The predicted molar refractivity (Wildman–Crippen MR) is 108 cm³/mol. The highest BCUT2D eigenvalue weighted by Gasteiger charge is 2.29. The maximum absolute atomic E-state index is 12.0.